The molecule has 3 rings (SSSR count). The van der Waals surface area contributed by atoms with Gasteiger partial charge in [-0.1, -0.05) is 43.7 Å². The van der Waals surface area contributed by atoms with Gasteiger partial charge in [0.05, 0.1) is 17.8 Å². The molecule has 6 nitrogen and oxygen atoms in total. The Bertz CT molecular complexity index is 1000. The van der Waals surface area contributed by atoms with Crippen LogP contribution in [-0.4, -0.2) is 32.5 Å². The second kappa shape index (κ2) is 8.90. The number of benzene rings is 1. The fourth-order valence-corrected chi connectivity index (χ4v) is 3.54. The van der Waals surface area contributed by atoms with Crippen molar-refractivity contribution >= 4 is 0 Å². The van der Waals surface area contributed by atoms with Crippen molar-refractivity contribution in [1.29, 1.82) is 0 Å². The van der Waals surface area contributed by atoms with Crippen LogP contribution in [0, 0.1) is 11.8 Å². The van der Waals surface area contributed by atoms with E-state index in [2.05, 4.69) is 4.98 Å². The van der Waals surface area contributed by atoms with Gasteiger partial charge in [0.15, 0.2) is 0 Å². The van der Waals surface area contributed by atoms with Crippen LogP contribution >= 0.6 is 0 Å². The summed E-state index contributed by atoms with van der Waals surface area (Å²) < 4.78 is 6.21. The SMILES string of the molecule is CC(/C=C/[C@@H]1Oc2c(-c3ccc(O)cc3)c[nH]c(=O)c2[C@H](O)[C@H]1C)=C\[C@H](C)[C@@H](C)O. The molecule has 0 saturated heterocycles. The van der Waals surface area contributed by atoms with Gasteiger partial charge < -0.3 is 25.0 Å². The Hall–Kier alpha value is -2.83. The summed E-state index contributed by atoms with van der Waals surface area (Å²) in [6, 6.07) is 6.57. The first-order chi connectivity index (χ1) is 14.2. The number of hydrogen-bond acceptors (Lipinski definition) is 5. The zero-order chi connectivity index (χ0) is 22.0. The molecule has 1 aliphatic heterocycles. The zero-order valence-electron chi connectivity index (χ0n) is 17.7. The minimum atomic E-state index is -0.982. The van der Waals surface area contributed by atoms with Crippen molar-refractivity contribution in [3.05, 3.63) is 70.2 Å². The lowest BCUT2D eigenvalue weighted by Gasteiger charge is -2.34. The van der Waals surface area contributed by atoms with Crippen molar-refractivity contribution in [3.63, 3.8) is 0 Å². The van der Waals surface area contributed by atoms with Crippen LogP contribution in [-0.2, 0) is 0 Å². The number of aliphatic hydroxyl groups excluding tert-OH is 2. The number of rotatable bonds is 5. The number of nitrogens with one attached hydrogen (secondary N) is 1. The number of aromatic amines is 1. The highest BCUT2D eigenvalue weighted by molar-refractivity contribution is 5.72. The first-order valence-corrected chi connectivity index (χ1v) is 10.1. The van der Waals surface area contributed by atoms with E-state index >= 15 is 0 Å². The second-order valence-corrected chi connectivity index (χ2v) is 8.08. The summed E-state index contributed by atoms with van der Waals surface area (Å²) in [5, 5.41) is 30.1. The average Bonchev–Trinajstić information content (AvgIpc) is 2.70. The van der Waals surface area contributed by atoms with Crippen LogP contribution in [0.1, 0.15) is 39.4 Å². The molecule has 6 heteroatoms. The number of pyridine rings is 1. The summed E-state index contributed by atoms with van der Waals surface area (Å²) in [7, 11) is 0. The van der Waals surface area contributed by atoms with Crippen LogP contribution in [0.3, 0.4) is 0 Å². The van der Waals surface area contributed by atoms with Crippen molar-refractivity contribution in [2.24, 2.45) is 11.8 Å². The fraction of sp³-hybridized carbons (Fsp3) is 0.375. The van der Waals surface area contributed by atoms with Crippen LogP contribution in [0.5, 0.6) is 11.5 Å². The van der Waals surface area contributed by atoms with Gasteiger partial charge in [0, 0.05) is 23.6 Å². The number of allylic oxidation sites excluding steroid dienone is 2. The largest absolute Gasteiger partial charge is 0.508 e. The predicted octanol–water partition coefficient (Wildman–Crippen LogP) is 3.70. The Labute approximate surface area is 176 Å². The van der Waals surface area contributed by atoms with E-state index in [1.165, 1.54) is 0 Å². The summed E-state index contributed by atoms with van der Waals surface area (Å²) in [4.78, 5) is 15.1. The number of hydrogen-bond donors (Lipinski definition) is 4. The Balaban J connectivity index is 1.98. The van der Waals surface area contributed by atoms with Gasteiger partial charge in [-0.3, -0.25) is 4.79 Å². The maximum atomic E-state index is 12.4. The second-order valence-electron chi connectivity index (χ2n) is 8.08. The first kappa shape index (κ1) is 21.9. The third-order valence-corrected chi connectivity index (χ3v) is 5.66. The molecule has 0 radical (unpaired) electrons. The van der Waals surface area contributed by atoms with E-state index in [9.17, 15) is 20.1 Å². The lowest BCUT2D eigenvalue weighted by atomic mass is 9.87. The summed E-state index contributed by atoms with van der Waals surface area (Å²) >= 11 is 0. The number of fused-ring (bicyclic) bond motifs is 1. The first-order valence-electron chi connectivity index (χ1n) is 10.1. The molecule has 1 aromatic heterocycles. The monoisotopic (exact) mass is 411 g/mol. The number of phenolic OH excluding ortho intramolecular Hbond substituents is 1. The van der Waals surface area contributed by atoms with E-state index < -0.39 is 18.3 Å². The van der Waals surface area contributed by atoms with Crippen LogP contribution in [0.4, 0.5) is 0 Å². The summed E-state index contributed by atoms with van der Waals surface area (Å²) in [6.45, 7) is 7.48. The normalized spacial score (nSPS) is 23.7. The van der Waals surface area contributed by atoms with Gasteiger partial charge in [-0.05, 0) is 37.6 Å². The molecule has 2 aromatic rings. The Morgan fingerprint density at radius 2 is 1.90 bits per heavy atom. The molecule has 30 heavy (non-hydrogen) atoms. The number of aromatic hydroxyl groups is 1. The summed E-state index contributed by atoms with van der Waals surface area (Å²) in [5.74, 6) is 0.182. The Kier molecular flexibility index (Phi) is 6.48. The number of ether oxygens (including phenoxy) is 1. The molecular weight excluding hydrogens is 382 g/mol. The molecule has 1 aromatic carbocycles. The van der Waals surface area contributed by atoms with Gasteiger partial charge in [0.2, 0.25) is 0 Å². The average molecular weight is 411 g/mol. The molecule has 0 fully saturated rings. The van der Waals surface area contributed by atoms with Gasteiger partial charge in [0.1, 0.15) is 17.6 Å². The van der Waals surface area contributed by atoms with E-state index in [4.69, 9.17) is 4.74 Å². The number of aromatic nitrogens is 1. The minimum absolute atomic E-state index is 0.0188. The molecule has 5 atom stereocenters. The van der Waals surface area contributed by atoms with E-state index in [0.717, 1.165) is 11.1 Å². The van der Waals surface area contributed by atoms with Gasteiger partial charge >= 0.3 is 0 Å². The standard InChI is InChI=1S/C24H29NO5/c1-13(11-14(2)16(4)26)5-10-20-15(3)22(28)21-23(30-20)19(12-25-24(21)29)17-6-8-18(27)9-7-17/h5-12,14-16,20,22,26-28H,1-4H3,(H,25,29)/b10-5+,13-11+/t14-,15-,16+,20-,22+/m0/s1. The molecule has 0 spiro atoms. The van der Waals surface area contributed by atoms with Crippen molar-refractivity contribution in [2.45, 2.75) is 46.0 Å². The minimum Gasteiger partial charge on any atom is -0.508 e. The van der Waals surface area contributed by atoms with Crippen molar-refractivity contribution in [1.82, 2.24) is 4.98 Å². The van der Waals surface area contributed by atoms with Gasteiger partial charge in [-0.2, -0.15) is 0 Å². The highest BCUT2D eigenvalue weighted by Gasteiger charge is 2.36. The van der Waals surface area contributed by atoms with Crippen molar-refractivity contribution in [2.75, 3.05) is 0 Å². The van der Waals surface area contributed by atoms with Crippen molar-refractivity contribution in [3.8, 4) is 22.6 Å². The molecule has 0 saturated carbocycles. The van der Waals surface area contributed by atoms with E-state index in [1.807, 2.05) is 39.0 Å². The quantitative estimate of drug-likeness (QED) is 0.562. The molecule has 2 heterocycles. The van der Waals surface area contributed by atoms with Gasteiger partial charge in [-0.15, -0.1) is 0 Å². The molecule has 0 bridgehead atoms. The Morgan fingerprint density at radius 1 is 1.23 bits per heavy atom. The van der Waals surface area contributed by atoms with Crippen LogP contribution in [0.15, 0.2) is 59.1 Å². The lowest BCUT2D eigenvalue weighted by Crippen LogP contribution is -2.37. The number of phenols is 1. The zero-order valence-corrected chi connectivity index (χ0v) is 17.7. The summed E-state index contributed by atoms with van der Waals surface area (Å²) in [6.07, 6.45) is 5.47. The summed E-state index contributed by atoms with van der Waals surface area (Å²) in [5.41, 5.74) is 2.21. The number of H-pyrrole nitrogens is 1. The third kappa shape index (κ3) is 4.50. The molecule has 0 unspecified atom stereocenters. The fourth-order valence-electron chi connectivity index (χ4n) is 3.54. The third-order valence-electron chi connectivity index (χ3n) is 5.66. The predicted molar refractivity (Wildman–Crippen MR) is 116 cm³/mol. The van der Waals surface area contributed by atoms with E-state index in [1.54, 1.807) is 37.4 Å². The smallest absolute Gasteiger partial charge is 0.257 e. The van der Waals surface area contributed by atoms with Crippen LogP contribution < -0.4 is 10.3 Å². The molecule has 1 aliphatic rings. The number of aliphatic hydroxyl groups is 2. The van der Waals surface area contributed by atoms with Gasteiger partial charge in [0.25, 0.3) is 5.56 Å². The van der Waals surface area contributed by atoms with E-state index in [0.29, 0.717) is 11.3 Å². The van der Waals surface area contributed by atoms with Crippen molar-refractivity contribution < 1.29 is 20.1 Å². The highest BCUT2D eigenvalue weighted by atomic mass is 16.5. The molecule has 0 amide bonds. The topological polar surface area (TPSA) is 103 Å². The van der Waals surface area contributed by atoms with E-state index in [-0.39, 0.29) is 28.7 Å². The van der Waals surface area contributed by atoms with Crippen LogP contribution in [0.25, 0.3) is 11.1 Å². The maximum Gasteiger partial charge on any atom is 0.257 e. The highest BCUT2D eigenvalue weighted by Crippen LogP contribution is 2.42. The molecule has 160 valence electrons. The molecule has 4 N–H and O–H groups in total. The lowest BCUT2D eigenvalue weighted by molar-refractivity contribution is 0.0288. The molecular formula is C24H29NO5. The maximum absolute atomic E-state index is 12.4. The molecule has 0 aliphatic carbocycles. The van der Waals surface area contributed by atoms with Crippen LogP contribution in [0.2, 0.25) is 0 Å². The Morgan fingerprint density at radius 3 is 2.53 bits per heavy atom. The van der Waals surface area contributed by atoms with Gasteiger partial charge in [-0.25, -0.2) is 0 Å².